The van der Waals surface area contributed by atoms with Crippen LogP contribution in [0.4, 0.5) is 5.82 Å². The van der Waals surface area contributed by atoms with Crippen molar-refractivity contribution in [3.8, 4) is 0 Å². The van der Waals surface area contributed by atoms with Crippen molar-refractivity contribution < 1.29 is 4.79 Å². The van der Waals surface area contributed by atoms with Crippen LogP contribution < -0.4 is 10.6 Å². The van der Waals surface area contributed by atoms with Crippen molar-refractivity contribution in [2.45, 2.75) is 37.8 Å². The fraction of sp³-hybridized carbons (Fsp3) is 0.333. The van der Waals surface area contributed by atoms with Crippen LogP contribution in [-0.2, 0) is 0 Å². The zero-order chi connectivity index (χ0) is 17.1. The minimum Gasteiger partial charge on any atom is -0.363 e. The molecule has 1 amide bonds. The van der Waals surface area contributed by atoms with Gasteiger partial charge in [0.1, 0.15) is 11.8 Å². The number of hydrogen-bond acceptors (Lipinski definition) is 5. The number of amides is 1. The number of nitrogens with zero attached hydrogens (tertiary/aromatic N) is 3. The fourth-order valence-electron chi connectivity index (χ4n) is 3.37. The molecule has 3 aromatic rings. The summed E-state index contributed by atoms with van der Waals surface area (Å²) in [7, 11) is 0. The quantitative estimate of drug-likeness (QED) is 0.680. The molecule has 0 spiro atoms. The van der Waals surface area contributed by atoms with Crippen molar-refractivity contribution in [2.24, 2.45) is 0 Å². The van der Waals surface area contributed by atoms with E-state index in [2.05, 4.69) is 30.6 Å². The highest BCUT2D eigenvalue weighted by molar-refractivity contribution is 5.94. The van der Waals surface area contributed by atoms with Crippen molar-refractivity contribution in [1.82, 2.24) is 25.3 Å². The van der Waals surface area contributed by atoms with Crippen molar-refractivity contribution in [3.05, 3.63) is 48.5 Å². The normalized spacial score (nSPS) is 20.3. The molecule has 2 atom stereocenters. The molecule has 3 N–H and O–H groups in total. The molecular weight excluding hydrogens is 316 g/mol. The van der Waals surface area contributed by atoms with E-state index >= 15 is 0 Å². The monoisotopic (exact) mass is 336 g/mol. The predicted octanol–water partition coefficient (Wildman–Crippen LogP) is 2.51. The molecule has 128 valence electrons. The van der Waals surface area contributed by atoms with Gasteiger partial charge in [-0.05, 0) is 25.0 Å². The Balaban J connectivity index is 1.51. The smallest absolute Gasteiger partial charge is 0.251 e. The summed E-state index contributed by atoms with van der Waals surface area (Å²) in [5.74, 6) is 0.696. The van der Waals surface area contributed by atoms with Gasteiger partial charge in [-0.25, -0.2) is 15.0 Å². The predicted molar refractivity (Wildman–Crippen MR) is 95.3 cm³/mol. The largest absolute Gasteiger partial charge is 0.363 e. The second kappa shape index (κ2) is 6.88. The number of aromatic amines is 1. The molecule has 0 unspecified atom stereocenters. The summed E-state index contributed by atoms with van der Waals surface area (Å²) in [4.78, 5) is 28.2. The summed E-state index contributed by atoms with van der Waals surface area (Å²) in [6, 6.07) is 9.52. The molecule has 7 heteroatoms. The van der Waals surface area contributed by atoms with E-state index in [0.29, 0.717) is 11.2 Å². The van der Waals surface area contributed by atoms with Gasteiger partial charge in [0, 0.05) is 17.6 Å². The highest BCUT2D eigenvalue weighted by atomic mass is 16.1. The van der Waals surface area contributed by atoms with Gasteiger partial charge in [-0.15, -0.1) is 0 Å². The second-order valence-corrected chi connectivity index (χ2v) is 6.30. The highest BCUT2D eigenvalue weighted by Gasteiger charge is 2.27. The molecule has 1 saturated carbocycles. The average molecular weight is 336 g/mol. The average Bonchev–Trinajstić information content (AvgIpc) is 3.14. The summed E-state index contributed by atoms with van der Waals surface area (Å²) in [5.41, 5.74) is 2.12. The van der Waals surface area contributed by atoms with Gasteiger partial charge >= 0.3 is 0 Å². The van der Waals surface area contributed by atoms with E-state index in [0.717, 1.165) is 37.0 Å². The van der Waals surface area contributed by atoms with Crippen LogP contribution >= 0.6 is 0 Å². The zero-order valence-electron chi connectivity index (χ0n) is 13.8. The Morgan fingerprint density at radius 1 is 1.04 bits per heavy atom. The number of H-pyrrole nitrogens is 1. The summed E-state index contributed by atoms with van der Waals surface area (Å²) < 4.78 is 0. The maximum atomic E-state index is 12.5. The molecule has 25 heavy (non-hydrogen) atoms. The topological polar surface area (TPSA) is 95.6 Å². The third-order valence-electron chi connectivity index (χ3n) is 4.66. The third kappa shape index (κ3) is 3.31. The Labute approximate surface area is 145 Å². The van der Waals surface area contributed by atoms with Crippen LogP contribution in [0.25, 0.3) is 11.2 Å². The second-order valence-electron chi connectivity index (χ2n) is 6.30. The summed E-state index contributed by atoms with van der Waals surface area (Å²) >= 11 is 0. The summed E-state index contributed by atoms with van der Waals surface area (Å²) in [6.07, 6.45) is 7.30. The molecular formula is C18H20N6O. The number of benzene rings is 1. The maximum Gasteiger partial charge on any atom is 0.251 e. The number of aromatic nitrogens is 4. The maximum absolute atomic E-state index is 12.5. The number of carbonyl (C=O) groups excluding carboxylic acids is 1. The first-order valence-electron chi connectivity index (χ1n) is 8.58. The Hall–Kier alpha value is -2.96. The lowest BCUT2D eigenvalue weighted by atomic mass is 9.90. The molecule has 1 aliphatic carbocycles. The molecule has 1 aliphatic rings. The lowest BCUT2D eigenvalue weighted by molar-refractivity contribution is 0.0924. The number of fused-ring (bicyclic) bond motifs is 1. The van der Waals surface area contributed by atoms with Gasteiger partial charge in [0.15, 0.2) is 11.5 Å². The summed E-state index contributed by atoms with van der Waals surface area (Å²) in [5, 5.41) is 6.66. The lowest BCUT2D eigenvalue weighted by Gasteiger charge is -2.33. The van der Waals surface area contributed by atoms with E-state index in [1.807, 2.05) is 30.3 Å². The standard InChI is InChI=1S/C18H20N6O/c25-18(12-6-2-1-3-7-12)24-14-9-5-4-8-13(14)23-17-15-16(20-10-19-15)21-11-22-17/h1-3,6-7,10-11,13-14H,4-5,8-9H2,(H,24,25)(H2,19,20,21,22,23)/t13-,14-/m1/s1. The van der Waals surface area contributed by atoms with E-state index < -0.39 is 0 Å². The third-order valence-corrected chi connectivity index (χ3v) is 4.66. The zero-order valence-corrected chi connectivity index (χ0v) is 13.8. The molecule has 0 aliphatic heterocycles. The van der Waals surface area contributed by atoms with Crippen molar-refractivity contribution in [3.63, 3.8) is 0 Å². The molecule has 0 saturated heterocycles. The van der Waals surface area contributed by atoms with Gasteiger partial charge in [0.25, 0.3) is 5.91 Å². The van der Waals surface area contributed by atoms with Crippen LogP contribution in [0.2, 0.25) is 0 Å². The molecule has 0 bridgehead atoms. The number of carbonyl (C=O) groups is 1. The van der Waals surface area contributed by atoms with Crippen LogP contribution in [0.5, 0.6) is 0 Å². The van der Waals surface area contributed by atoms with Crippen molar-refractivity contribution in [2.75, 3.05) is 5.32 Å². The lowest BCUT2D eigenvalue weighted by Crippen LogP contribution is -2.48. The Bertz CT molecular complexity index is 862. The summed E-state index contributed by atoms with van der Waals surface area (Å²) in [6.45, 7) is 0. The minimum absolute atomic E-state index is 0.0336. The van der Waals surface area contributed by atoms with Gasteiger partial charge in [-0.3, -0.25) is 4.79 Å². The van der Waals surface area contributed by atoms with Crippen LogP contribution in [0, 0.1) is 0 Å². The van der Waals surface area contributed by atoms with E-state index in [4.69, 9.17) is 0 Å². The minimum atomic E-state index is -0.0336. The van der Waals surface area contributed by atoms with Crippen LogP contribution in [0.1, 0.15) is 36.0 Å². The van der Waals surface area contributed by atoms with Crippen molar-refractivity contribution >= 4 is 22.9 Å². The van der Waals surface area contributed by atoms with Crippen LogP contribution in [0.15, 0.2) is 43.0 Å². The van der Waals surface area contributed by atoms with E-state index in [9.17, 15) is 4.79 Å². The SMILES string of the molecule is O=C(N[C@@H]1CCCC[C@H]1Nc1ncnc2nc[nH]c12)c1ccccc1. The number of nitrogens with one attached hydrogen (secondary N) is 3. The van der Waals surface area contributed by atoms with E-state index in [1.165, 1.54) is 6.33 Å². The molecule has 0 radical (unpaired) electrons. The van der Waals surface area contributed by atoms with Gasteiger partial charge in [-0.1, -0.05) is 31.0 Å². The highest BCUT2D eigenvalue weighted by Crippen LogP contribution is 2.24. The molecule has 7 nitrogen and oxygen atoms in total. The van der Waals surface area contributed by atoms with Gasteiger partial charge < -0.3 is 15.6 Å². The van der Waals surface area contributed by atoms with E-state index in [-0.39, 0.29) is 18.0 Å². The Morgan fingerprint density at radius 2 is 1.84 bits per heavy atom. The Morgan fingerprint density at radius 3 is 2.68 bits per heavy atom. The van der Waals surface area contributed by atoms with E-state index in [1.54, 1.807) is 6.33 Å². The van der Waals surface area contributed by atoms with Crippen LogP contribution in [0.3, 0.4) is 0 Å². The van der Waals surface area contributed by atoms with Gasteiger partial charge in [-0.2, -0.15) is 0 Å². The molecule has 1 aromatic carbocycles. The number of anilines is 1. The Kier molecular flexibility index (Phi) is 4.28. The van der Waals surface area contributed by atoms with Crippen LogP contribution in [-0.4, -0.2) is 37.9 Å². The first kappa shape index (κ1) is 15.6. The number of hydrogen-bond donors (Lipinski definition) is 3. The fourth-order valence-corrected chi connectivity index (χ4v) is 3.37. The first-order chi connectivity index (χ1) is 12.3. The molecule has 1 fully saturated rings. The molecule has 2 aromatic heterocycles. The first-order valence-corrected chi connectivity index (χ1v) is 8.58. The number of rotatable bonds is 4. The molecule has 2 heterocycles. The van der Waals surface area contributed by atoms with Crippen molar-refractivity contribution in [1.29, 1.82) is 0 Å². The molecule has 4 rings (SSSR count). The number of imidazole rings is 1. The van der Waals surface area contributed by atoms with Gasteiger partial charge in [0.2, 0.25) is 0 Å². The van der Waals surface area contributed by atoms with Gasteiger partial charge in [0.05, 0.1) is 6.33 Å².